The molecule has 0 atom stereocenters. The van der Waals surface area contributed by atoms with Crippen molar-refractivity contribution in [1.82, 2.24) is 0 Å². The molecule has 0 aliphatic heterocycles. The van der Waals surface area contributed by atoms with E-state index in [0.29, 0.717) is 5.75 Å². The molecule has 0 amide bonds. The highest BCUT2D eigenvalue weighted by Crippen LogP contribution is 2.26. The van der Waals surface area contributed by atoms with Crippen molar-refractivity contribution >= 4 is 0 Å². The Morgan fingerprint density at radius 2 is 2.14 bits per heavy atom. The van der Waals surface area contributed by atoms with Crippen molar-refractivity contribution in [2.75, 3.05) is 13.7 Å². The summed E-state index contributed by atoms with van der Waals surface area (Å²) in [5.41, 5.74) is 6.58. The lowest BCUT2D eigenvalue weighted by atomic mass is 10.1. The monoisotopic (exact) mass is 195 g/mol. The predicted octanol–water partition coefficient (Wildman–Crippen LogP) is 1.68. The van der Waals surface area contributed by atoms with Crippen molar-refractivity contribution in [2.24, 2.45) is 5.73 Å². The molecule has 0 saturated carbocycles. The molecule has 0 aliphatic carbocycles. The molecule has 0 spiro atoms. The third kappa shape index (κ3) is 2.92. The van der Waals surface area contributed by atoms with Crippen LogP contribution in [0.4, 0.5) is 0 Å². The molecular weight excluding hydrogens is 178 g/mol. The molecule has 0 unspecified atom stereocenters. The summed E-state index contributed by atoms with van der Waals surface area (Å²) < 4.78 is 5.02. The van der Waals surface area contributed by atoms with Crippen LogP contribution >= 0.6 is 0 Å². The molecule has 78 valence electrons. The first-order chi connectivity index (χ1) is 6.77. The zero-order valence-corrected chi connectivity index (χ0v) is 8.49. The van der Waals surface area contributed by atoms with Crippen molar-refractivity contribution in [2.45, 2.75) is 19.3 Å². The molecule has 0 bridgehead atoms. The molecule has 1 aromatic rings. The van der Waals surface area contributed by atoms with Crippen LogP contribution in [0.25, 0.3) is 0 Å². The standard InChI is InChI=1S/C11H17NO2/c1-14-11-8-9(4-2-3-7-12)5-6-10(11)13/h5-6,8,13H,2-4,7,12H2,1H3. The summed E-state index contributed by atoms with van der Waals surface area (Å²) in [6.45, 7) is 0.731. The normalized spacial score (nSPS) is 10.1. The second-order valence-electron chi connectivity index (χ2n) is 3.25. The summed E-state index contributed by atoms with van der Waals surface area (Å²) in [7, 11) is 1.55. The average molecular weight is 195 g/mol. The van der Waals surface area contributed by atoms with Gasteiger partial charge in [0.05, 0.1) is 7.11 Å². The maximum Gasteiger partial charge on any atom is 0.160 e. The smallest absolute Gasteiger partial charge is 0.160 e. The molecule has 0 aromatic heterocycles. The summed E-state index contributed by atoms with van der Waals surface area (Å²) in [5, 5.41) is 9.36. The van der Waals surface area contributed by atoms with Crippen molar-refractivity contribution in [1.29, 1.82) is 0 Å². The molecule has 0 heterocycles. The Morgan fingerprint density at radius 3 is 2.79 bits per heavy atom. The zero-order valence-electron chi connectivity index (χ0n) is 8.49. The second-order valence-corrected chi connectivity index (χ2v) is 3.25. The van der Waals surface area contributed by atoms with Crippen molar-refractivity contribution < 1.29 is 9.84 Å². The number of aryl methyl sites for hydroxylation is 1. The molecule has 0 saturated heterocycles. The Morgan fingerprint density at radius 1 is 1.36 bits per heavy atom. The predicted molar refractivity (Wildman–Crippen MR) is 56.7 cm³/mol. The lowest BCUT2D eigenvalue weighted by Crippen LogP contribution is -1.99. The number of phenols is 1. The fraction of sp³-hybridized carbons (Fsp3) is 0.455. The van der Waals surface area contributed by atoms with Gasteiger partial charge in [-0.05, 0) is 43.5 Å². The van der Waals surface area contributed by atoms with Gasteiger partial charge in [-0.2, -0.15) is 0 Å². The SMILES string of the molecule is COc1cc(CCCCN)ccc1O. The van der Waals surface area contributed by atoms with Gasteiger partial charge in [-0.1, -0.05) is 6.07 Å². The van der Waals surface area contributed by atoms with Crippen LogP contribution in [0.5, 0.6) is 11.5 Å². The largest absolute Gasteiger partial charge is 0.504 e. The summed E-state index contributed by atoms with van der Waals surface area (Å²) in [6.07, 6.45) is 3.08. The van der Waals surface area contributed by atoms with Crippen LogP contribution in [0.2, 0.25) is 0 Å². The first-order valence-corrected chi connectivity index (χ1v) is 4.84. The van der Waals surface area contributed by atoms with E-state index in [1.165, 1.54) is 5.56 Å². The lowest BCUT2D eigenvalue weighted by molar-refractivity contribution is 0.373. The van der Waals surface area contributed by atoms with E-state index < -0.39 is 0 Å². The minimum Gasteiger partial charge on any atom is -0.504 e. The summed E-state index contributed by atoms with van der Waals surface area (Å²) >= 11 is 0. The molecule has 14 heavy (non-hydrogen) atoms. The van der Waals surface area contributed by atoms with Crippen LogP contribution < -0.4 is 10.5 Å². The fourth-order valence-electron chi connectivity index (χ4n) is 1.35. The number of methoxy groups -OCH3 is 1. The van der Waals surface area contributed by atoms with Gasteiger partial charge in [0.25, 0.3) is 0 Å². The van der Waals surface area contributed by atoms with Gasteiger partial charge in [-0.25, -0.2) is 0 Å². The van der Waals surface area contributed by atoms with Gasteiger partial charge >= 0.3 is 0 Å². The van der Waals surface area contributed by atoms with Gasteiger partial charge in [0, 0.05) is 0 Å². The Kier molecular flexibility index (Phi) is 4.26. The summed E-state index contributed by atoms with van der Waals surface area (Å²) in [6, 6.07) is 5.44. The number of ether oxygens (including phenoxy) is 1. The van der Waals surface area contributed by atoms with E-state index in [0.717, 1.165) is 25.8 Å². The first kappa shape index (κ1) is 10.9. The van der Waals surface area contributed by atoms with E-state index in [1.807, 2.05) is 12.1 Å². The van der Waals surface area contributed by atoms with Gasteiger partial charge in [-0.15, -0.1) is 0 Å². The fourth-order valence-corrected chi connectivity index (χ4v) is 1.35. The van der Waals surface area contributed by atoms with E-state index in [2.05, 4.69) is 0 Å². The Balaban J connectivity index is 2.60. The minimum atomic E-state index is 0.190. The lowest BCUT2D eigenvalue weighted by Gasteiger charge is -2.06. The number of rotatable bonds is 5. The molecule has 3 N–H and O–H groups in total. The highest BCUT2D eigenvalue weighted by Gasteiger charge is 2.01. The van der Waals surface area contributed by atoms with Gasteiger partial charge < -0.3 is 15.6 Å². The van der Waals surface area contributed by atoms with Gasteiger partial charge in [0.2, 0.25) is 0 Å². The highest BCUT2D eigenvalue weighted by molar-refractivity contribution is 5.41. The average Bonchev–Trinajstić information content (AvgIpc) is 2.21. The molecule has 1 aromatic carbocycles. The molecule has 0 fully saturated rings. The van der Waals surface area contributed by atoms with Crippen LogP contribution in [-0.2, 0) is 6.42 Å². The minimum absolute atomic E-state index is 0.190. The maximum absolute atomic E-state index is 9.36. The van der Waals surface area contributed by atoms with Gasteiger partial charge in [0.1, 0.15) is 0 Å². The van der Waals surface area contributed by atoms with E-state index in [1.54, 1.807) is 13.2 Å². The Labute approximate surface area is 84.5 Å². The van der Waals surface area contributed by atoms with E-state index >= 15 is 0 Å². The second kappa shape index (κ2) is 5.50. The van der Waals surface area contributed by atoms with Crippen LogP contribution in [-0.4, -0.2) is 18.8 Å². The van der Waals surface area contributed by atoms with Gasteiger partial charge in [-0.3, -0.25) is 0 Å². The third-order valence-corrected chi connectivity index (χ3v) is 2.16. The number of aromatic hydroxyl groups is 1. The maximum atomic E-state index is 9.36. The van der Waals surface area contributed by atoms with E-state index in [9.17, 15) is 5.11 Å². The van der Waals surface area contributed by atoms with Crippen LogP contribution in [0.3, 0.4) is 0 Å². The summed E-state index contributed by atoms with van der Waals surface area (Å²) in [5.74, 6) is 0.727. The van der Waals surface area contributed by atoms with Gasteiger partial charge in [0.15, 0.2) is 11.5 Å². The van der Waals surface area contributed by atoms with Crippen molar-refractivity contribution in [3.63, 3.8) is 0 Å². The quantitative estimate of drug-likeness (QED) is 0.703. The van der Waals surface area contributed by atoms with Crippen LogP contribution in [0, 0.1) is 0 Å². The number of hydrogen-bond donors (Lipinski definition) is 2. The first-order valence-electron chi connectivity index (χ1n) is 4.84. The number of nitrogens with two attached hydrogens (primary N) is 1. The number of benzene rings is 1. The van der Waals surface area contributed by atoms with Crippen LogP contribution in [0.1, 0.15) is 18.4 Å². The number of phenolic OH excluding ortho intramolecular Hbond substituents is 1. The van der Waals surface area contributed by atoms with Crippen molar-refractivity contribution in [3.05, 3.63) is 23.8 Å². The summed E-state index contributed by atoms with van der Waals surface area (Å²) in [4.78, 5) is 0. The molecule has 1 rings (SSSR count). The Bertz CT molecular complexity index is 287. The van der Waals surface area contributed by atoms with Crippen LogP contribution in [0.15, 0.2) is 18.2 Å². The topological polar surface area (TPSA) is 55.5 Å². The zero-order chi connectivity index (χ0) is 10.4. The van der Waals surface area contributed by atoms with E-state index in [4.69, 9.17) is 10.5 Å². The molecule has 3 heteroatoms. The molecule has 0 radical (unpaired) electrons. The molecule has 3 nitrogen and oxygen atoms in total. The Hall–Kier alpha value is -1.22. The third-order valence-electron chi connectivity index (χ3n) is 2.16. The molecule has 0 aliphatic rings. The molecular formula is C11H17NO2. The highest BCUT2D eigenvalue weighted by atomic mass is 16.5. The number of hydrogen-bond acceptors (Lipinski definition) is 3. The van der Waals surface area contributed by atoms with E-state index in [-0.39, 0.29) is 5.75 Å². The van der Waals surface area contributed by atoms with Crippen molar-refractivity contribution in [3.8, 4) is 11.5 Å². The number of unbranched alkanes of at least 4 members (excludes halogenated alkanes) is 1.